The highest BCUT2D eigenvalue weighted by molar-refractivity contribution is 7.11. The molecule has 1 saturated heterocycles. The summed E-state index contributed by atoms with van der Waals surface area (Å²) in [6.07, 6.45) is 13.6. The van der Waals surface area contributed by atoms with E-state index in [-0.39, 0.29) is 0 Å². The quantitative estimate of drug-likeness (QED) is 0.869. The van der Waals surface area contributed by atoms with Crippen LogP contribution < -0.4 is 0 Å². The molecule has 1 fully saturated rings. The van der Waals surface area contributed by atoms with Gasteiger partial charge in [0.15, 0.2) is 0 Å². The van der Waals surface area contributed by atoms with Crippen LogP contribution in [0.4, 0.5) is 0 Å². The minimum Gasteiger partial charge on any atom is -0.336 e. The number of likely N-dealkylation sites (tertiary alicyclic amines) is 1. The van der Waals surface area contributed by atoms with Crippen LogP contribution in [0.15, 0.2) is 18.7 Å². The summed E-state index contributed by atoms with van der Waals surface area (Å²) in [4.78, 5) is 13.3. The van der Waals surface area contributed by atoms with Crippen LogP contribution in [0.3, 0.4) is 0 Å². The first kappa shape index (κ1) is 14.4. The summed E-state index contributed by atoms with van der Waals surface area (Å²) in [7, 11) is 0. The van der Waals surface area contributed by atoms with Gasteiger partial charge in [-0.05, 0) is 45.1 Å². The fraction of sp³-hybridized carbons (Fsp3) is 0.647. The van der Waals surface area contributed by atoms with Crippen molar-refractivity contribution in [2.24, 2.45) is 0 Å². The van der Waals surface area contributed by atoms with Crippen LogP contribution in [-0.4, -0.2) is 39.1 Å². The van der Waals surface area contributed by atoms with Gasteiger partial charge in [-0.1, -0.05) is 0 Å². The molecular weight excluding hydrogens is 292 g/mol. The molecule has 1 atom stereocenters. The SMILES string of the molecule is c1cn(CCN2CCCC(c3nc4c(s3)CCCC4)C2)cn1. The summed E-state index contributed by atoms with van der Waals surface area (Å²) in [5.74, 6) is 0.659. The van der Waals surface area contributed by atoms with Crippen molar-refractivity contribution < 1.29 is 0 Å². The van der Waals surface area contributed by atoms with Crippen molar-refractivity contribution in [3.05, 3.63) is 34.3 Å². The molecule has 2 aromatic rings. The van der Waals surface area contributed by atoms with Crippen LogP contribution in [0.25, 0.3) is 0 Å². The lowest BCUT2D eigenvalue weighted by Gasteiger charge is -2.31. The van der Waals surface area contributed by atoms with E-state index in [2.05, 4.69) is 20.6 Å². The van der Waals surface area contributed by atoms with E-state index in [0.717, 1.165) is 13.1 Å². The van der Waals surface area contributed by atoms with Crippen LogP contribution >= 0.6 is 11.3 Å². The molecular formula is C17H24N4S. The zero-order valence-electron chi connectivity index (χ0n) is 13.1. The number of rotatable bonds is 4. The molecule has 3 heterocycles. The number of hydrogen-bond donors (Lipinski definition) is 0. The molecule has 0 spiro atoms. The standard InChI is InChI=1S/C17H24N4S/c1-2-6-16-15(5-1)19-17(22-16)14-4-3-8-20(12-14)10-11-21-9-7-18-13-21/h7,9,13-14H,1-6,8,10-12H2. The van der Waals surface area contributed by atoms with E-state index in [9.17, 15) is 0 Å². The van der Waals surface area contributed by atoms with Crippen LogP contribution in [0.2, 0.25) is 0 Å². The summed E-state index contributed by atoms with van der Waals surface area (Å²) in [5, 5.41) is 1.42. The van der Waals surface area contributed by atoms with Gasteiger partial charge in [-0.15, -0.1) is 11.3 Å². The van der Waals surface area contributed by atoms with Crippen LogP contribution in [0.1, 0.15) is 47.2 Å². The van der Waals surface area contributed by atoms with Crippen molar-refractivity contribution in [3.63, 3.8) is 0 Å². The molecule has 4 rings (SSSR count). The van der Waals surface area contributed by atoms with Crippen LogP contribution in [0, 0.1) is 0 Å². The summed E-state index contributed by atoms with van der Waals surface area (Å²) >= 11 is 2.01. The molecule has 0 bridgehead atoms. The van der Waals surface area contributed by atoms with Crippen molar-refractivity contribution in [2.45, 2.75) is 51.0 Å². The third-order valence-corrected chi connectivity index (χ3v) is 6.27. The van der Waals surface area contributed by atoms with E-state index in [1.54, 1.807) is 4.88 Å². The fourth-order valence-corrected chi connectivity index (χ4v) is 4.96. The summed E-state index contributed by atoms with van der Waals surface area (Å²) in [6, 6.07) is 0. The Hall–Kier alpha value is -1.20. The number of piperidine rings is 1. The van der Waals surface area contributed by atoms with E-state index in [1.165, 1.54) is 62.3 Å². The molecule has 0 radical (unpaired) electrons. The van der Waals surface area contributed by atoms with Gasteiger partial charge in [-0.3, -0.25) is 0 Å². The normalized spacial score (nSPS) is 22.6. The number of hydrogen-bond acceptors (Lipinski definition) is 4. The Kier molecular flexibility index (Phi) is 4.26. The average molecular weight is 316 g/mol. The Morgan fingerprint density at radius 3 is 3.00 bits per heavy atom. The zero-order chi connectivity index (χ0) is 14.8. The highest BCUT2D eigenvalue weighted by atomic mass is 32.1. The van der Waals surface area contributed by atoms with Gasteiger partial charge in [-0.2, -0.15) is 0 Å². The van der Waals surface area contributed by atoms with Gasteiger partial charge in [-0.25, -0.2) is 9.97 Å². The Balaban J connectivity index is 1.39. The molecule has 1 aliphatic heterocycles. The molecule has 0 N–H and O–H groups in total. The molecule has 22 heavy (non-hydrogen) atoms. The number of imidazole rings is 1. The molecule has 4 nitrogen and oxygen atoms in total. The maximum Gasteiger partial charge on any atom is 0.0974 e. The molecule has 1 aliphatic carbocycles. The Labute approximate surface area is 136 Å². The second kappa shape index (κ2) is 6.50. The molecule has 1 unspecified atom stereocenters. The van der Waals surface area contributed by atoms with Gasteiger partial charge < -0.3 is 9.47 Å². The van der Waals surface area contributed by atoms with Gasteiger partial charge in [0.05, 0.1) is 17.0 Å². The molecule has 0 amide bonds. The zero-order valence-corrected chi connectivity index (χ0v) is 13.9. The van der Waals surface area contributed by atoms with Crippen molar-refractivity contribution in [1.29, 1.82) is 0 Å². The first-order valence-electron chi connectivity index (χ1n) is 8.55. The van der Waals surface area contributed by atoms with E-state index in [0.29, 0.717) is 5.92 Å². The van der Waals surface area contributed by atoms with Crippen LogP contribution in [-0.2, 0) is 19.4 Å². The minimum absolute atomic E-state index is 0.659. The van der Waals surface area contributed by atoms with Crippen LogP contribution in [0.5, 0.6) is 0 Å². The molecule has 2 aromatic heterocycles. The second-order valence-corrected chi connectivity index (χ2v) is 7.68. The Morgan fingerprint density at radius 2 is 2.14 bits per heavy atom. The maximum absolute atomic E-state index is 5.00. The van der Waals surface area contributed by atoms with Gasteiger partial charge >= 0.3 is 0 Å². The van der Waals surface area contributed by atoms with Crippen molar-refractivity contribution in [1.82, 2.24) is 19.4 Å². The summed E-state index contributed by atoms with van der Waals surface area (Å²) < 4.78 is 2.17. The number of thiazole rings is 1. The van der Waals surface area contributed by atoms with E-state index < -0.39 is 0 Å². The minimum atomic E-state index is 0.659. The predicted octanol–water partition coefficient (Wildman–Crippen LogP) is 3.10. The highest BCUT2D eigenvalue weighted by Crippen LogP contribution is 2.34. The van der Waals surface area contributed by atoms with E-state index >= 15 is 0 Å². The number of aromatic nitrogens is 3. The smallest absolute Gasteiger partial charge is 0.0974 e. The third-order valence-electron chi connectivity index (χ3n) is 4.95. The largest absolute Gasteiger partial charge is 0.336 e. The van der Waals surface area contributed by atoms with E-state index in [4.69, 9.17) is 4.98 Å². The number of nitrogens with zero attached hydrogens (tertiary/aromatic N) is 4. The topological polar surface area (TPSA) is 34.0 Å². The van der Waals surface area contributed by atoms with Gasteiger partial charge in [0.2, 0.25) is 0 Å². The van der Waals surface area contributed by atoms with Crippen molar-refractivity contribution in [3.8, 4) is 0 Å². The first-order chi connectivity index (χ1) is 10.9. The fourth-order valence-electron chi connectivity index (χ4n) is 3.68. The lowest BCUT2D eigenvalue weighted by Crippen LogP contribution is -2.36. The summed E-state index contributed by atoms with van der Waals surface area (Å²) in [6.45, 7) is 4.58. The Bertz CT molecular complexity index is 581. The van der Waals surface area contributed by atoms with Crippen molar-refractivity contribution >= 4 is 11.3 Å². The van der Waals surface area contributed by atoms with Gasteiger partial charge in [0, 0.05) is 42.8 Å². The summed E-state index contributed by atoms with van der Waals surface area (Å²) in [5.41, 5.74) is 1.42. The maximum atomic E-state index is 5.00. The molecule has 5 heteroatoms. The Morgan fingerprint density at radius 1 is 1.18 bits per heavy atom. The van der Waals surface area contributed by atoms with Gasteiger partial charge in [0.1, 0.15) is 0 Å². The number of aryl methyl sites for hydroxylation is 2. The number of fused-ring (bicyclic) bond motifs is 1. The molecule has 118 valence electrons. The van der Waals surface area contributed by atoms with E-state index in [1.807, 2.05) is 23.9 Å². The monoisotopic (exact) mass is 316 g/mol. The van der Waals surface area contributed by atoms with Crippen molar-refractivity contribution in [2.75, 3.05) is 19.6 Å². The molecule has 2 aliphatic rings. The first-order valence-corrected chi connectivity index (χ1v) is 9.37. The lowest BCUT2D eigenvalue weighted by atomic mass is 9.98. The predicted molar refractivity (Wildman–Crippen MR) is 89.4 cm³/mol. The van der Waals surface area contributed by atoms with Gasteiger partial charge in [0.25, 0.3) is 0 Å². The molecule has 0 saturated carbocycles. The lowest BCUT2D eigenvalue weighted by molar-refractivity contribution is 0.201. The highest BCUT2D eigenvalue weighted by Gasteiger charge is 2.25. The second-order valence-electron chi connectivity index (χ2n) is 6.57. The average Bonchev–Trinajstić information content (AvgIpc) is 3.22. The molecule has 0 aromatic carbocycles. The third kappa shape index (κ3) is 3.10.